The number of hydrogen-bond donors (Lipinski definition) is 2. The number of benzene rings is 1. The smallest absolute Gasteiger partial charge is 0.240 e. The van der Waals surface area contributed by atoms with Gasteiger partial charge < -0.3 is 10.2 Å². The number of halogens is 1. The molecule has 1 saturated heterocycles. The number of sulfonamides is 1. The summed E-state index contributed by atoms with van der Waals surface area (Å²) in [5.74, 6) is 0.704. The van der Waals surface area contributed by atoms with Gasteiger partial charge in [-0.05, 0) is 69.8 Å². The Kier molecular flexibility index (Phi) is 9.73. The molecule has 1 aromatic rings. The molecule has 0 spiro atoms. The zero-order valence-electron chi connectivity index (χ0n) is 16.5. The molecule has 1 aliphatic rings. The molecule has 1 heterocycles. The third kappa shape index (κ3) is 7.07. The van der Waals surface area contributed by atoms with Crippen molar-refractivity contribution in [2.75, 3.05) is 33.2 Å². The average Bonchev–Trinajstić information content (AvgIpc) is 2.62. The summed E-state index contributed by atoms with van der Waals surface area (Å²) in [6.07, 6.45) is 3.41. The van der Waals surface area contributed by atoms with Crippen LogP contribution >= 0.6 is 12.4 Å². The Morgan fingerprint density at radius 2 is 1.85 bits per heavy atom. The van der Waals surface area contributed by atoms with E-state index in [9.17, 15) is 13.2 Å². The fourth-order valence-electron chi connectivity index (χ4n) is 3.34. The molecule has 6 nitrogen and oxygen atoms in total. The van der Waals surface area contributed by atoms with Crippen LogP contribution in [0.5, 0.6) is 0 Å². The summed E-state index contributed by atoms with van der Waals surface area (Å²) in [5.41, 5.74) is 1.60. The first-order valence-corrected chi connectivity index (χ1v) is 10.8. The molecule has 0 aliphatic carbocycles. The van der Waals surface area contributed by atoms with Crippen molar-refractivity contribution >= 4 is 28.3 Å². The van der Waals surface area contributed by atoms with Crippen LogP contribution in [-0.2, 0) is 14.8 Å². The molecule has 0 bridgehead atoms. The van der Waals surface area contributed by atoms with Crippen LogP contribution in [0.15, 0.2) is 23.1 Å². The van der Waals surface area contributed by atoms with Crippen molar-refractivity contribution in [3.05, 3.63) is 29.3 Å². The molecule has 1 aliphatic heterocycles. The van der Waals surface area contributed by atoms with E-state index in [2.05, 4.69) is 10.0 Å². The van der Waals surface area contributed by atoms with E-state index in [0.29, 0.717) is 11.5 Å². The van der Waals surface area contributed by atoms with Crippen molar-refractivity contribution in [1.82, 2.24) is 14.9 Å². The largest absolute Gasteiger partial charge is 0.343 e. The molecule has 0 saturated carbocycles. The van der Waals surface area contributed by atoms with Gasteiger partial charge in [-0.3, -0.25) is 4.79 Å². The molecule has 1 aromatic carbocycles. The highest BCUT2D eigenvalue weighted by molar-refractivity contribution is 7.89. The van der Waals surface area contributed by atoms with Crippen molar-refractivity contribution in [3.63, 3.8) is 0 Å². The molecule has 0 atom stereocenters. The lowest BCUT2D eigenvalue weighted by Crippen LogP contribution is -2.40. The molecular formula is C19H32ClN3O3S. The molecule has 8 heteroatoms. The maximum atomic E-state index is 12.5. The van der Waals surface area contributed by atoms with Gasteiger partial charge in [-0.2, -0.15) is 0 Å². The molecule has 154 valence electrons. The molecular weight excluding hydrogens is 386 g/mol. The second-order valence-electron chi connectivity index (χ2n) is 7.13. The van der Waals surface area contributed by atoms with Gasteiger partial charge >= 0.3 is 0 Å². The Morgan fingerprint density at radius 1 is 1.19 bits per heavy atom. The van der Waals surface area contributed by atoms with Crippen LogP contribution < -0.4 is 10.0 Å². The van der Waals surface area contributed by atoms with Crippen LogP contribution in [0.2, 0.25) is 0 Å². The number of carbonyl (C=O) groups is 1. The number of likely N-dealkylation sites (tertiary alicyclic amines) is 1. The van der Waals surface area contributed by atoms with E-state index in [0.717, 1.165) is 44.5 Å². The summed E-state index contributed by atoms with van der Waals surface area (Å²) < 4.78 is 27.5. The van der Waals surface area contributed by atoms with E-state index in [1.165, 1.54) is 0 Å². The predicted molar refractivity (Wildman–Crippen MR) is 111 cm³/mol. The van der Waals surface area contributed by atoms with Gasteiger partial charge in [0.05, 0.1) is 4.90 Å². The summed E-state index contributed by atoms with van der Waals surface area (Å²) in [7, 11) is -1.63. The molecule has 2 rings (SSSR count). The summed E-state index contributed by atoms with van der Waals surface area (Å²) in [4.78, 5) is 14.5. The van der Waals surface area contributed by atoms with Gasteiger partial charge in [0.15, 0.2) is 0 Å². The summed E-state index contributed by atoms with van der Waals surface area (Å²) in [6.45, 7) is 6.33. The molecule has 27 heavy (non-hydrogen) atoms. The average molecular weight is 418 g/mol. The molecule has 1 amide bonds. The SMILES string of the molecule is CNCCC1CCN(C(=O)CCNS(=O)(=O)c2cc(C)ccc2C)CC1.Cl. The fourth-order valence-corrected chi connectivity index (χ4v) is 4.70. The molecule has 0 radical (unpaired) electrons. The topological polar surface area (TPSA) is 78.5 Å². The monoisotopic (exact) mass is 417 g/mol. The van der Waals surface area contributed by atoms with Gasteiger partial charge in [0, 0.05) is 26.1 Å². The van der Waals surface area contributed by atoms with Crippen molar-refractivity contribution in [3.8, 4) is 0 Å². The van der Waals surface area contributed by atoms with Crippen molar-refractivity contribution in [1.29, 1.82) is 0 Å². The van der Waals surface area contributed by atoms with E-state index in [4.69, 9.17) is 0 Å². The van der Waals surface area contributed by atoms with Crippen LogP contribution in [0.3, 0.4) is 0 Å². The normalized spacial score (nSPS) is 15.4. The Balaban J connectivity index is 0.00000364. The first kappa shape index (κ1) is 23.9. The van der Waals surface area contributed by atoms with Crippen LogP contribution in [0.4, 0.5) is 0 Å². The predicted octanol–water partition coefficient (Wildman–Crippen LogP) is 2.24. The van der Waals surface area contributed by atoms with Gasteiger partial charge in [-0.1, -0.05) is 12.1 Å². The molecule has 0 aromatic heterocycles. The second kappa shape index (κ2) is 11.0. The number of amides is 1. The zero-order chi connectivity index (χ0) is 19.2. The van der Waals surface area contributed by atoms with Crippen molar-refractivity contribution in [2.45, 2.75) is 44.4 Å². The lowest BCUT2D eigenvalue weighted by Gasteiger charge is -2.32. The Labute approximate surface area is 169 Å². The Hall–Kier alpha value is -1.15. The minimum absolute atomic E-state index is 0. The standard InChI is InChI=1S/C19H31N3O3S.ClH/c1-15-4-5-16(2)18(14-15)26(24,25)21-11-7-19(23)22-12-8-17(9-13-22)6-10-20-3;/h4-5,14,17,20-21H,6-13H2,1-3H3;1H. The second-order valence-corrected chi connectivity index (χ2v) is 8.87. The highest BCUT2D eigenvalue weighted by Gasteiger charge is 2.23. The zero-order valence-corrected chi connectivity index (χ0v) is 18.1. The highest BCUT2D eigenvalue weighted by Crippen LogP contribution is 2.20. The van der Waals surface area contributed by atoms with E-state index in [1.54, 1.807) is 19.1 Å². The number of nitrogens with zero attached hydrogens (tertiary/aromatic N) is 1. The van der Waals surface area contributed by atoms with Crippen LogP contribution in [0.1, 0.15) is 36.8 Å². The fraction of sp³-hybridized carbons (Fsp3) is 0.632. The number of piperidine rings is 1. The highest BCUT2D eigenvalue weighted by atomic mass is 35.5. The number of carbonyl (C=O) groups excluding carboxylic acids is 1. The van der Waals surface area contributed by atoms with Crippen LogP contribution in [0.25, 0.3) is 0 Å². The third-order valence-corrected chi connectivity index (χ3v) is 6.64. The Morgan fingerprint density at radius 3 is 2.48 bits per heavy atom. The number of hydrogen-bond acceptors (Lipinski definition) is 4. The molecule has 1 fully saturated rings. The van der Waals surface area contributed by atoms with E-state index < -0.39 is 10.0 Å². The van der Waals surface area contributed by atoms with Gasteiger partial charge in [-0.15, -0.1) is 12.4 Å². The van der Waals surface area contributed by atoms with E-state index in [1.807, 2.05) is 24.9 Å². The van der Waals surface area contributed by atoms with Gasteiger partial charge in [0.1, 0.15) is 0 Å². The summed E-state index contributed by atoms with van der Waals surface area (Å²) >= 11 is 0. The summed E-state index contributed by atoms with van der Waals surface area (Å²) in [6, 6.07) is 5.35. The minimum atomic E-state index is -3.59. The van der Waals surface area contributed by atoms with Gasteiger partial charge in [0.25, 0.3) is 0 Å². The van der Waals surface area contributed by atoms with E-state index in [-0.39, 0.29) is 36.2 Å². The van der Waals surface area contributed by atoms with E-state index >= 15 is 0 Å². The quantitative estimate of drug-likeness (QED) is 0.679. The summed E-state index contributed by atoms with van der Waals surface area (Å²) in [5, 5.41) is 3.17. The van der Waals surface area contributed by atoms with Crippen LogP contribution in [-0.4, -0.2) is 52.5 Å². The number of rotatable bonds is 8. The number of nitrogens with one attached hydrogen (secondary N) is 2. The first-order valence-electron chi connectivity index (χ1n) is 9.33. The lowest BCUT2D eigenvalue weighted by molar-refractivity contribution is -0.132. The first-order chi connectivity index (χ1) is 12.3. The van der Waals surface area contributed by atoms with Crippen LogP contribution in [0, 0.1) is 19.8 Å². The third-order valence-electron chi connectivity index (χ3n) is 5.03. The lowest BCUT2D eigenvalue weighted by atomic mass is 9.93. The molecule has 2 N–H and O–H groups in total. The molecule has 0 unspecified atom stereocenters. The minimum Gasteiger partial charge on any atom is -0.343 e. The van der Waals surface area contributed by atoms with Crippen molar-refractivity contribution < 1.29 is 13.2 Å². The maximum Gasteiger partial charge on any atom is 0.240 e. The maximum absolute atomic E-state index is 12.5. The van der Waals surface area contributed by atoms with Gasteiger partial charge in [0.2, 0.25) is 15.9 Å². The Bertz CT molecular complexity index is 717. The number of aryl methyl sites for hydroxylation is 2. The van der Waals surface area contributed by atoms with Gasteiger partial charge in [-0.25, -0.2) is 13.1 Å². The van der Waals surface area contributed by atoms with Crippen molar-refractivity contribution in [2.24, 2.45) is 5.92 Å².